The normalized spacial score (nSPS) is 32.6. The number of likely N-dealkylation sites (tertiary alicyclic amines) is 1. The van der Waals surface area contributed by atoms with E-state index in [0.29, 0.717) is 31.5 Å². The van der Waals surface area contributed by atoms with Crippen LogP contribution in [0.3, 0.4) is 0 Å². The fourth-order valence-corrected chi connectivity index (χ4v) is 6.48. The van der Waals surface area contributed by atoms with Gasteiger partial charge in [0.05, 0.1) is 30.1 Å². The number of aliphatic hydroxyl groups excluding tert-OH is 1. The van der Waals surface area contributed by atoms with Crippen molar-refractivity contribution in [3.63, 3.8) is 0 Å². The zero-order valence-electron chi connectivity index (χ0n) is 20.8. The summed E-state index contributed by atoms with van der Waals surface area (Å²) in [6.07, 6.45) is 2.51. The van der Waals surface area contributed by atoms with E-state index < -0.39 is 35.1 Å². The number of amides is 3. The van der Waals surface area contributed by atoms with Crippen molar-refractivity contribution in [1.82, 2.24) is 10.2 Å². The lowest BCUT2D eigenvalue weighted by Crippen LogP contribution is -2.56. The van der Waals surface area contributed by atoms with Gasteiger partial charge in [0.2, 0.25) is 17.7 Å². The third-order valence-electron chi connectivity index (χ3n) is 8.17. The number of carbonyl (C=O) groups excluding carboxylic acids is 3. The Morgan fingerprint density at radius 1 is 1.21 bits per heavy atom. The molecular formula is C26H37N3O5. The van der Waals surface area contributed by atoms with Gasteiger partial charge in [0.1, 0.15) is 11.6 Å². The second-order valence-electron chi connectivity index (χ2n) is 10.2. The number of hydrogen-bond acceptors (Lipinski definition) is 5. The molecule has 3 amide bonds. The van der Waals surface area contributed by atoms with Gasteiger partial charge in [0.25, 0.3) is 0 Å². The van der Waals surface area contributed by atoms with E-state index in [1.54, 1.807) is 6.92 Å². The van der Waals surface area contributed by atoms with Crippen molar-refractivity contribution in [3.05, 3.63) is 29.3 Å². The van der Waals surface area contributed by atoms with Crippen molar-refractivity contribution in [3.8, 4) is 0 Å². The average molecular weight is 472 g/mol. The lowest BCUT2D eigenvalue weighted by atomic mass is 9.65. The molecule has 8 nitrogen and oxygen atoms in total. The first-order chi connectivity index (χ1) is 16.2. The van der Waals surface area contributed by atoms with Crippen LogP contribution in [0.1, 0.15) is 57.6 Å². The Balaban J connectivity index is 1.78. The van der Waals surface area contributed by atoms with Gasteiger partial charge in [-0.1, -0.05) is 32.0 Å². The summed E-state index contributed by atoms with van der Waals surface area (Å²) in [5, 5.41) is 16.0. The molecule has 3 aliphatic heterocycles. The lowest BCUT2D eigenvalue weighted by Gasteiger charge is -2.36. The zero-order chi connectivity index (χ0) is 24.8. The van der Waals surface area contributed by atoms with Gasteiger partial charge >= 0.3 is 0 Å². The summed E-state index contributed by atoms with van der Waals surface area (Å²) in [5.41, 5.74) is 0.709. The number of hydrogen-bond donors (Lipinski definition) is 3. The van der Waals surface area contributed by atoms with E-state index in [9.17, 15) is 19.5 Å². The highest BCUT2D eigenvalue weighted by atomic mass is 16.5. The summed E-state index contributed by atoms with van der Waals surface area (Å²) in [5.74, 6) is -2.21. The number of fused-ring (bicyclic) bond motifs is 1. The van der Waals surface area contributed by atoms with E-state index in [2.05, 4.69) is 10.6 Å². The molecule has 1 spiro atoms. The van der Waals surface area contributed by atoms with Crippen molar-refractivity contribution >= 4 is 23.4 Å². The summed E-state index contributed by atoms with van der Waals surface area (Å²) >= 11 is 0. The van der Waals surface area contributed by atoms with E-state index in [4.69, 9.17) is 4.74 Å². The number of para-hydroxylation sites is 1. The maximum Gasteiger partial charge on any atom is 0.250 e. The van der Waals surface area contributed by atoms with E-state index in [1.807, 2.05) is 45.9 Å². The van der Waals surface area contributed by atoms with Crippen LogP contribution < -0.4 is 10.6 Å². The number of nitrogens with one attached hydrogen (secondary N) is 2. The standard InChI is InChI=1S/C26H37N3O5/c1-6-13-27-22(31)18-19-24(33)29(17(5)14-30)21(26(19)12-11-25(18,7-2)34-26)23(32)28-20-15(3)9-8-10-16(20)4/h8-10,17-19,21,30H,6-7,11-14H2,1-5H3,(H,27,31)(H,28,32)/t17-,18-,19+,21?,25+,26?/m1/s1. The number of aliphatic hydroxyl groups is 1. The van der Waals surface area contributed by atoms with Crippen LogP contribution >= 0.6 is 0 Å². The van der Waals surface area contributed by atoms with Crippen molar-refractivity contribution in [2.24, 2.45) is 11.8 Å². The van der Waals surface area contributed by atoms with Gasteiger partial charge in [-0.25, -0.2) is 0 Å². The summed E-state index contributed by atoms with van der Waals surface area (Å²) in [6, 6.07) is 4.27. The third-order valence-corrected chi connectivity index (χ3v) is 8.17. The zero-order valence-corrected chi connectivity index (χ0v) is 20.8. The van der Waals surface area contributed by atoms with Crippen LogP contribution in [0, 0.1) is 25.7 Å². The molecule has 0 saturated carbocycles. The number of ether oxygens (including phenoxy) is 1. The smallest absolute Gasteiger partial charge is 0.250 e. The molecule has 186 valence electrons. The molecule has 0 aliphatic carbocycles. The highest BCUT2D eigenvalue weighted by Crippen LogP contribution is 2.64. The fraction of sp³-hybridized carbons (Fsp3) is 0.654. The average Bonchev–Trinajstić information content (AvgIpc) is 3.43. The minimum absolute atomic E-state index is 0.184. The number of benzene rings is 1. The maximum absolute atomic E-state index is 13.9. The summed E-state index contributed by atoms with van der Waals surface area (Å²) < 4.78 is 6.70. The highest BCUT2D eigenvalue weighted by molar-refractivity contribution is 6.04. The Kier molecular flexibility index (Phi) is 6.50. The molecule has 6 atom stereocenters. The Hall–Kier alpha value is -2.45. The van der Waals surface area contributed by atoms with E-state index in [-0.39, 0.29) is 24.3 Å². The molecule has 0 aromatic heterocycles. The molecule has 3 N–H and O–H groups in total. The fourth-order valence-electron chi connectivity index (χ4n) is 6.48. The first-order valence-corrected chi connectivity index (χ1v) is 12.5. The van der Waals surface area contributed by atoms with Crippen LogP contribution in [0.2, 0.25) is 0 Å². The number of aryl methyl sites for hydroxylation is 2. The van der Waals surface area contributed by atoms with Crippen molar-refractivity contribution in [1.29, 1.82) is 0 Å². The van der Waals surface area contributed by atoms with Crippen LogP contribution in [0.25, 0.3) is 0 Å². The topological polar surface area (TPSA) is 108 Å². The maximum atomic E-state index is 13.9. The van der Waals surface area contributed by atoms with E-state index in [0.717, 1.165) is 17.5 Å². The number of anilines is 1. The molecule has 1 aromatic carbocycles. The highest BCUT2D eigenvalue weighted by Gasteiger charge is 2.78. The minimum atomic E-state index is -1.09. The van der Waals surface area contributed by atoms with Gasteiger partial charge in [-0.3, -0.25) is 14.4 Å². The van der Waals surface area contributed by atoms with Crippen LogP contribution in [0.15, 0.2) is 18.2 Å². The van der Waals surface area contributed by atoms with Gasteiger partial charge in [-0.2, -0.15) is 0 Å². The predicted octanol–water partition coefficient (Wildman–Crippen LogP) is 2.30. The number of nitrogens with zero attached hydrogens (tertiary/aromatic N) is 1. The second kappa shape index (κ2) is 8.96. The van der Waals surface area contributed by atoms with Crippen molar-refractivity contribution in [2.45, 2.75) is 83.6 Å². The number of rotatable bonds is 8. The monoisotopic (exact) mass is 471 g/mol. The molecule has 0 radical (unpaired) electrons. The van der Waals surface area contributed by atoms with Crippen LogP contribution in [-0.2, 0) is 19.1 Å². The summed E-state index contributed by atoms with van der Waals surface area (Å²) in [7, 11) is 0. The second-order valence-corrected chi connectivity index (χ2v) is 10.2. The first kappa shape index (κ1) is 24.7. The molecule has 34 heavy (non-hydrogen) atoms. The van der Waals surface area contributed by atoms with E-state index in [1.165, 1.54) is 4.90 Å². The van der Waals surface area contributed by atoms with Gasteiger partial charge in [0, 0.05) is 12.2 Å². The van der Waals surface area contributed by atoms with Crippen LogP contribution in [0.4, 0.5) is 5.69 Å². The van der Waals surface area contributed by atoms with Gasteiger partial charge in [-0.05, 0) is 57.6 Å². The van der Waals surface area contributed by atoms with Gasteiger partial charge < -0.3 is 25.4 Å². The first-order valence-electron chi connectivity index (χ1n) is 12.5. The van der Waals surface area contributed by atoms with E-state index >= 15 is 0 Å². The molecule has 2 unspecified atom stereocenters. The molecule has 1 aromatic rings. The Morgan fingerprint density at radius 2 is 1.88 bits per heavy atom. The van der Waals surface area contributed by atoms with Gasteiger partial charge in [0.15, 0.2) is 0 Å². The summed E-state index contributed by atoms with van der Waals surface area (Å²) in [6.45, 7) is 9.77. The molecule has 3 saturated heterocycles. The molecule has 3 heterocycles. The minimum Gasteiger partial charge on any atom is -0.394 e. The summed E-state index contributed by atoms with van der Waals surface area (Å²) in [4.78, 5) is 42.6. The van der Waals surface area contributed by atoms with Gasteiger partial charge in [-0.15, -0.1) is 0 Å². The Labute approximate surface area is 201 Å². The number of carbonyl (C=O) groups is 3. The molecule has 3 fully saturated rings. The molecule has 8 heteroatoms. The Bertz CT molecular complexity index is 976. The van der Waals surface area contributed by atoms with Crippen LogP contribution in [0.5, 0.6) is 0 Å². The quantitative estimate of drug-likeness (QED) is 0.539. The Morgan fingerprint density at radius 3 is 2.47 bits per heavy atom. The SMILES string of the molecule is CCCNC(=O)[C@H]1[C@H]2C(=O)N([C@H](C)CO)C(C(=O)Nc3c(C)cccc3C)C23CC[C@]1(CC)O3. The third kappa shape index (κ3) is 3.45. The van der Waals surface area contributed by atoms with Crippen LogP contribution in [-0.4, -0.2) is 64.2 Å². The lowest BCUT2D eigenvalue weighted by molar-refractivity contribution is -0.148. The predicted molar refractivity (Wildman–Crippen MR) is 128 cm³/mol. The largest absolute Gasteiger partial charge is 0.394 e. The molecule has 3 aliphatic rings. The van der Waals surface area contributed by atoms with Crippen molar-refractivity contribution in [2.75, 3.05) is 18.5 Å². The molecular weight excluding hydrogens is 434 g/mol. The molecule has 4 rings (SSSR count). The van der Waals surface area contributed by atoms with Crippen molar-refractivity contribution < 1.29 is 24.2 Å². The molecule has 2 bridgehead atoms.